The number of hydrogen-bond acceptors (Lipinski definition) is 5. The third kappa shape index (κ3) is 5.13. The summed E-state index contributed by atoms with van der Waals surface area (Å²) in [6.45, 7) is 9.81. The number of nitrogens with zero attached hydrogens (tertiary/aromatic N) is 1. The topological polar surface area (TPSA) is 87.1 Å². The third-order valence-corrected chi connectivity index (χ3v) is 6.10. The highest BCUT2D eigenvalue weighted by Crippen LogP contribution is 2.41. The van der Waals surface area contributed by atoms with Gasteiger partial charge in [-0.05, 0) is 81.6 Å². The average Bonchev–Trinajstić information content (AvgIpc) is 3.06. The second-order valence-corrected chi connectivity index (χ2v) is 10.2. The predicted octanol–water partition coefficient (Wildman–Crippen LogP) is 5.81. The molecule has 36 heavy (non-hydrogen) atoms. The summed E-state index contributed by atoms with van der Waals surface area (Å²) in [4.78, 5) is 28.0. The standard InChI is InChI=1S/C30H31NO5/c1-18-6-7-19(2)24(16-18)27(33)25-26(21-10-12-22(32)13-11-21)31(29(35)28(25)34)17-20-8-14-23(15-9-20)36-30(3,4)5/h6-16,26,32-33H,17H2,1-5H3/b27-25+. The maximum Gasteiger partial charge on any atom is 0.295 e. The minimum Gasteiger partial charge on any atom is -0.508 e. The lowest BCUT2D eigenvalue weighted by Crippen LogP contribution is -2.29. The van der Waals surface area contributed by atoms with Gasteiger partial charge in [0.2, 0.25) is 0 Å². The second kappa shape index (κ2) is 9.53. The van der Waals surface area contributed by atoms with Crippen LogP contribution in [0, 0.1) is 13.8 Å². The fourth-order valence-corrected chi connectivity index (χ4v) is 4.40. The van der Waals surface area contributed by atoms with Crippen LogP contribution in [0.5, 0.6) is 11.5 Å². The summed E-state index contributed by atoms with van der Waals surface area (Å²) >= 11 is 0. The van der Waals surface area contributed by atoms with Crippen molar-refractivity contribution >= 4 is 17.4 Å². The number of amides is 1. The Kier molecular flexibility index (Phi) is 6.63. The first-order valence-corrected chi connectivity index (χ1v) is 11.9. The Labute approximate surface area is 211 Å². The van der Waals surface area contributed by atoms with Crippen molar-refractivity contribution in [2.75, 3.05) is 0 Å². The minimum absolute atomic E-state index is 0.0343. The summed E-state index contributed by atoms with van der Waals surface area (Å²) < 4.78 is 5.89. The number of Topliss-reactive ketones (excluding diaryl/α,β-unsaturated/α-hetero) is 1. The van der Waals surface area contributed by atoms with Crippen LogP contribution in [-0.2, 0) is 16.1 Å². The molecule has 1 fully saturated rings. The van der Waals surface area contributed by atoms with Gasteiger partial charge in [0.25, 0.3) is 11.7 Å². The fraction of sp³-hybridized carbons (Fsp3) is 0.267. The Bertz CT molecular complexity index is 1330. The molecule has 1 unspecified atom stereocenters. The van der Waals surface area contributed by atoms with Crippen LogP contribution in [0.2, 0.25) is 0 Å². The van der Waals surface area contributed by atoms with Gasteiger partial charge in [-0.1, -0.05) is 42.0 Å². The largest absolute Gasteiger partial charge is 0.508 e. The molecule has 3 aromatic rings. The summed E-state index contributed by atoms with van der Waals surface area (Å²) in [5.74, 6) is -0.851. The Morgan fingerprint density at radius 1 is 0.944 bits per heavy atom. The monoisotopic (exact) mass is 485 g/mol. The molecule has 1 saturated heterocycles. The zero-order valence-electron chi connectivity index (χ0n) is 21.2. The van der Waals surface area contributed by atoms with Gasteiger partial charge in [0.15, 0.2) is 0 Å². The molecule has 186 valence electrons. The van der Waals surface area contributed by atoms with Gasteiger partial charge >= 0.3 is 0 Å². The first-order chi connectivity index (χ1) is 16.9. The van der Waals surface area contributed by atoms with Crippen LogP contribution in [0.4, 0.5) is 0 Å². The molecule has 6 nitrogen and oxygen atoms in total. The maximum atomic E-state index is 13.3. The number of likely N-dealkylation sites (tertiary alicyclic amines) is 1. The molecule has 0 aromatic heterocycles. The number of aliphatic hydroxyl groups excluding tert-OH is 1. The zero-order valence-corrected chi connectivity index (χ0v) is 21.2. The van der Waals surface area contributed by atoms with Crippen LogP contribution >= 0.6 is 0 Å². The number of carbonyl (C=O) groups excluding carboxylic acids is 2. The summed E-state index contributed by atoms with van der Waals surface area (Å²) in [5.41, 5.74) is 3.36. The molecule has 6 heteroatoms. The van der Waals surface area contributed by atoms with Gasteiger partial charge in [0, 0.05) is 12.1 Å². The summed E-state index contributed by atoms with van der Waals surface area (Å²) in [6.07, 6.45) is 0. The molecule has 1 aliphatic heterocycles. The van der Waals surface area contributed by atoms with Crippen molar-refractivity contribution in [3.63, 3.8) is 0 Å². The third-order valence-electron chi connectivity index (χ3n) is 6.10. The molecule has 1 amide bonds. The maximum absolute atomic E-state index is 13.3. The van der Waals surface area contributed by atoms with E-state index in [1.54, 1.807) is 18.2 Å². The Balaban J connectivity index is 1.78. The smallest absolute Gasteiger partial charge is 0.295 e. The van der Waals surface area contributed by atoms with E-state index in [4.69, 9.17) is 4.74 Å². The quantitative estimate of drug-likeness (QED) is 0.271. The van der Waals surface area contributed by atoms with Gasteiger partial charge in [-0.15, -0.1) is 0 Å². The summed E-state index contributed by atoms with van der Waals surface area (Å²) in [6, 6.07) is 18.5. The lowest BCUT2D eigenvalue weighted by molar-refractivity contribution is -0.140. The van der Waals surface area contributed by atoms with E-state index < -0.39 is 17.7 Å². The molecular weight excluding hydrogens is 454 g/mol. The van der Waals surface area contributed by atoms with Crippen LogP contribution < -0.4 is 4.74 Å². The fourth-order valence-electron chi connectivity index (χ4n) is 4.40. The Morgan fingerprint density at radius 2 is 1.58 bits per heavy atom. The number of aryl methyl sites for hydroxylation is 2. The molecule has 2 N–H and O–H groups in total. The van der Waals surface area contributed by atoms with Gasteiger partial charge in [-0.2, -0.15) is 0 Å². The molecule has 0 saturated carbocycles. The van der Waals surface area contributed by atoms with Crippen LogP contribution in [0.15, 0.2) is 72.3 Å². The predicted molar refractivity (Wildman–Crippen MR) is 139 cm³/mol. The van der Waals surface area contributed by atoms with Crippen molar-refractivity contribution in [2.24, 2.45) is 0 Å². The number of ketones is 1. The zero-order chi connectivity index (χ0) is 26.2. The molecule has 1 aliphatic rings. The second-order valence-electron chi connectivity index (χ2n) is 10.2. The minimum atomic E-state index is -0.809. The number of phenolic OH excluding ortho intramolecular Hbond substituents is 1. The molecule has 0 radical (unpaired) electrons. The number of rotatable bonds is 5. The van der Waals surface area contributed by atoms with Gasteiger partial charge in [0.05, 0.1) is 11.6 Å². The van der Waals surface area contributed by atoms with Gasteiger partial charge in [-0.3, -0.25) is 9.59 Å². The highest BCUT2D eigenvalue weighted by molar-refractivity contribution is 6.46. The average molecular weight is 486 g/mol. The van der Waals surface area contributed by atoms with Crippen molar-refractivity contribution in [1.82, 2.24) is 4.90 Å². The normalized spacial score (nSPS) is 17.5. The van der Waals surface area contributed by atoms with E-state index in [0.29, 0.717) is 16.9 Å². The van der Waals surface area contributed by atoms with Crippen LogP contribution in [0.3, 0.4) is 0 Å². The molecule has 0 aliphatic carbocycles. The van der Waals surface area contributed by atoms with Gasteiger partial charge in [0.1, 0.15) is 22.9 Å². The lowest BCUT2D eigenvalue weighted by atomic mass is 9.93. The van der Waals surface area contributed by atoms with Crippen molar-refractivity contribution in [1.29, 1.82) is 0 Å². The van der Waals surface area contributed by atoms with Crippen LogP contribution in [0.1, 0.15) is 54.6 Å². The Morgan fingerprint density at radius 3 is 2.19 bits per heavy atom. The number of hydrogen-bond donors (Lipinski definition) is 2. The molecule has 0 spiro atoms. The highest BCUT2D eigenvalue weighted by Gasteiger charge is 2.46. The number of aliphatic hydroxyl groups is 1. The van der Waals surface area contributed by atoms with Gasteiger partial charge < -0.3 is 19.8 Å². The number of phenols is 1. The van der Waals surface area contributed by atoms with Gasteiger partial charge in [-0.25, -0.2) is 0 Å². The van der Waals surface area contributed by atoms with E-state index >= 15 is 0 Å². The van der Waals surface area contributed by atoms with Crippen molar-refractivity contribution in [2.45, 2.75) is 52.8 Å². The molecule has 4 rings (SSSR count). The molecule has 0 bridgehead atoms. The van der Waals surface area contributed by atoms with E-state index in [1.165, 1.54) is 17.0 Å². The van der Waals surface area contributed by atoms with E-state index in [0.717, 1.165) is 16.7 Å². The number of ether oxygens (including phenoxy) is 1. The summed E-state index contributed by atoms with van der Waals surface area (Å²) in [5, 5.41) is 21.2. The van der Waals surface area contributed by atoms with E-state index in [1.807, 2.05) is 71.0 Å². The van der Waals surface area contributed by atoms with Crippen LogP contribution in [0.25, 0.3) is 5.76 Å². The lowest BCUT2D eigenvalue weighted by Gasteiger charge is -2.26. The Hall–Kier alpha value is -4.06. The summed E-state index contributed by atoms with van der Waals surface area (Å²) in [7, 11) is 0. The molecular formula is C30H31NO5. The SMILES string of the molecule is Cc1ccc(C)c(/C(O)=C2\C(=O)C(=O)N(Cc3ccc(OC(C)(C)C)cc3)C2c2ccc(O)cc2)c1. The van der Waals surface area contributed by atoms with Crippen molar-refractivity contribution < 1.29 is 24.5 Å². The van der Waals surface area contributed by atoms with Crippen LogP contribution in [-0.4, -0.2) is 32.4 Å². The number of carbonyl (C=O) groups is 2. The van der Waals surface area contributed by atoms with Crippen molar-refractivity contribution in [3.8, 4) is 11.5 Å². The number of benzene rings is 3. The highest BCUT2D eigenvalue weighted by atomic mass is 16.5. The number of aromatic hydroxyl groups is 1. The molecule has 1 atom stereocenters. The first kappa shape index (κ1) is 25.0. The molecule has 1 heterocycles. The first-order valence-electron chi connectivity index (χ1n) is 11.9. The van der Waals surface area contributed by atoms with Crippen molar-refractivity contribution in [3.05, 3.63) is 100 Å². The van der Waals surface area contributed by atoms with E-state index in [-0.39, 0.29) is 29.2 Å². The van der Waals surface area contributed by atoms with E-state index in [2.05, 4.69) is 0 Å². The van der Waals surface area contributed by atoms with E-state index in [9.17, 15) is 19.8 Å². The molecule has 3 aromatic carbocycles.